The maximum atomic E-state index is 12.3. The zero-order valence-corrected chi connectivity index (χ0v) is 15.7. The van der Waals surface area contributed by atoms with Gasteiger partial charge in [0.2, 0.25) is 5.88 Å². The molecule has 1 aliphatic rings. The van der Waals surface area contributed by atoms with Gasteiger partial charge in [0.15, 0.2) is 5.78 Å². The average molecular weight is 368 g/mol. The second-order valence-electron chi connectivity index (χ2n) is 6.47. The zero-order valence-electron chi connectivity index (χ0n) is 15.0. The molecule has 1 atom stereocenters. The van der Waals surface area contributed by atoms with Gasteiger partial charge in [-0.05, 0) is 45.4 Å². The topological polar surface area (TPSA) is 89.0 Å². The Morgan fingerprint density at radius 1 is 1.31 bits per heavy atom. The molecule has 2 heterocycles. The molecule has 1 aromatic carbocycles. The monoisotopic (exact) mass is 367 g/mol. The summed E-state index contributed by atoms with van der Waals surface area (Å²) < 4.78 is 5.41. The van der Waals surface area contributed by atoms with Crippen molar-refractivity contribution < 1.29 is 9.53 Å². The molecule has 0 unspecified atom stereocenters. The molecule has 1 aliphatic heterocycles. The van der Waals surface area contributed by atoms with Crippen LogP contribution in [0, 0.1) is 25.2 Å². The number of aryl methyl sites for hydroxylation is 2. The molecular formula is C20H18ClN3O2. The molecule has 2 N–H and O–H groups in total. The van der Waals surface area contributed by atoms with Crippen molar-refractivity contribution in [1.29, 1.82) is 5.26 Å². The minimum Gasteiger partial charge on any atom is -0.445 e. The largest absolute Gasteiger partial charge is 0.445 e. The number of Topliss-reactive ketones (excluding diaryl/α,β-unsaturated/α-hetero) is 1. The second-order valence-corrected chi connectivity index (χ2v) is 6.83. The third-order valence-corrected chi connectivity index (χ3v) is 4.83. The number of carbonyl (C=O) groups excluding carboxylic acids is 1. The van der Waals surface area contributed by atoms with Crippen LogP contribution in [0.2, 0.25) is 5.15 Å². The Labute approximate surface area is 156 Å². The first kappa shape index (κ1) is 18.0. The normalized spacial score (nSPS) is 17.3. The fourth-order valence-electron chi connectivity index (χ4n) is 3.49. The number of hydrogen-bond donors (Lipinski definition) is 1. The molecule has 1 aromatic heterocycles. The van der Waals surface area contributed by atoms with Gasteiger partial charge in [0, 0.05) is 16.5 Å². The summed E-state index contributed by atoms with van der Waals surface area (Å²) in [5.41, 5.74) is 9.88. The molecule has 0 spiro atoms. The van der Waals surface area contributed by atoms with E-state index in [0.717, 1.165) is 22.0 Å². The van der Waals surface area contributed by atoms with Crippen molar-refractivity contribution in [3.05, 3.63) is 62.8 Å². The number of aromatic nitrogens is 1. The molecule has 0 bridgehead atoms. The van der Waals surface area contributed by atoms with Gasteiger partial charge in [-0.25, -0.2) is 4.98 Å². The highest BCUT2D eigenvalue weighted by Crippen LogP contribution is 2.42. The van der Waals surface area contributed by atoms with Crippen LogP contribution < -0.4 is 5.73 Å². The van der Waals surface area contributed by atoms with Gasteiger partial charge in [-0.15, -0.1) is 0 Å². The fourth-order valence-corrected chi connectivity index (χ4v) is 3.74. The van der Waals surface area contributed by atoms with Crippen LogP contribution in [0.25, 0.3) is 10.9 Å². The van der Waals surface area contributed by atoms with Gasteiger partial charge in [0.1, 0.15) is 22.6 Å². The molecule has 132 valence electrons. The van der Waals surface area contributed by atoms with Crippen LogP contribution in [0.3, 0.4) is 0 Å². The van der Waals surface area contributed by atoms with E-state index in [0.29, 0.717) is 16.9 Å². The Bertz CT molecular complexity index is 1060. The van der Waals surface area contributed by atoms with E-state index >= 15 is 0 Å². The van der Waals surface area contributed by atoms with Crippen molar-refractivity contribution in [3.63, 3.8) is 0 Å². The number of ether oxygens (including phenoxy) is 1. The molecule has 0 aliphatic carbocycles. The summed E-state index contributed by atoms with van der Waals surface area (Å²) in [5, 5.41) is 10.7. The number of allylic oxidation sites excluding steroid dienone is 3. The van der Waals surface area contributed by atoms with Gasteiger partial charge >= 0.3 is 0 Å². The highest BCUT2D eigenvalue weighted by Gasteiger charge is 2.35. The summed E-state index contributed by atoms with van der Waals surface area (Å²) in [5.74, 6) is -0.548. The SMILES string of the molecule is CC(=O)C1=C(C)OC(N)=C(C#N)[C@@H]1c1cc2cc(C)cc(C)c2nc1Cl. The van der Waals surface area contributed by atoms with Crippen molar-refractivity contribution in [2.45, 2.75) is 33.6 Å². The van der Waals surface area contributed by atoms with E-state index < -0.39 is 5.92 Å². The maximum absolute atomic E-state index is 12.3. The lowest BCUT2D eigenvalue weighted by atomic mass is 9.81. The van der Waals surface area contributed by atoms with Gasteiger partial charge in [-0.1, -0.05) is 23.2 Å². The first-order valence-corrected chi connectivity index (χ1v) is 8.49. The molecule has 0 amide bonds. The van der Waals surface area contributed by atoms with Crippen molar-refractivity contribution in [2.24, 2.45) is 5.73 Å². The van der Waals surface area contributed by atoms with E-state index in [9.17, 15) is 10.1 Å². The number of benzene rings is 1. The molecule has 3 rings (SSSR count). The molecule has 0 fully saturated rings. The Kier molecular flexibility index (Phi) is 4.47. The van der Waals surface area contributed by atoms with Gasteiger partial charge in [-0.2, -0.15) is 5.26 Å². The quantitative estimate of drug-likeness (QED) is 0.804. The van der Waals surface area contributed by atoms with E-state index in [4.69, 9.17) is 22.1 Å². The van der Waals surface area contributed by atoms with Crippen molar-refractivity contribution >= 4 is 28.3 Å². The summed E-state index contributed by atoms with van der Waals surface area (Å²) in [4.78, 5) is 16.8. The number of nitrogens with two attached hydrogens (primary N) is 1. The number of nitrogens with zero attached hydrogens (tertiary/aromatic N) is 2. The lowest BCUT2D eigenvalue weighted by Gasteiger charge is -2.27. The molecule has 0 radical (unpaired) electrons. The minimum atomic E-state index is -0.698. The number of nitriles is 1. The van der Waals surface area contributed by atoms with E-state index in [-0.39, 0.29) is 22.4 Å². The predicted octanol–water partition coefficient (Wildman–Crippen LogP) is 4.18. The number of rotatable bonds is 2. The molecular weight excluding hydrogens is 350 g/mol. The summed E-state index contributed by atoms with van der Waals surface area (Å²) in [6.07, 6.45) is 0. The first-order chi connectivity index (χ1) is 12.2. The molecule has 2 aromatic rings. The van der Waals surface area contributed by atoms with Gasteiger partial charge in [0.05, 0.1) is 11.4 Å². The molecule has 6 heteroatoms. The third kappa shape index (κ3) is 2.83. The zero-order chi connectivity index (χ0) is 19.2. The third-order valence-electron chi connectivity index (χ3n) is 4.53. The van der Waals surface area contributed by atoms with Crippen molar-refractivity contribution in [1.82, 2.24) is 4.98 Å². The van der Waals surface area contributed by atoms with Crippen LogP contribution in [0.5, 0.6) is 0 Å². The van der Waals surface area contributed by atoms with Crippen LogP contribution in [-0.4, -0.2) is 10.8 Å². The Morgan fingerprint density at radius 2 is 2.00 bits per heavy atom. The van der Waals surface area contributed by atoms with Gasteiger partial charge in [0.25, 0.3) is 0 Å². The van der Waals surface area contributed by atoms with Gasteiger partial charge < -0.3 is 10.5 Å². The predicted molar refractivity (Wildman–Crippen MR) is 100 cm³/mol. The van der Waals surface area contributed by atoms with E-state index in [2.05, 4.69) is 11.1 Å². The van der Waals surface area contributed by atoms with E-state index in [1.54, 1.807) is 6.92 Å². The standard InChI is InChI=1S/C20H18ClN3O2/c1-9-5-10(2)18-13(6-9)7-14(19(21)24-18)17-15(8-22)20(23)26-12(4)16(17)11(3)25/h5-7,17H,23H2,1-4H3/t17-/m0/s1. The summed E-state index contributed by atoms with van der Waals surface area (Å²) in [6.45, 7) is 7.05. The number of carbonyl (C=O) groups is 1. The number of hydrogen-bond acceptors (Lipinski definition) is 5. The van der Waals surface area contributed by atoms with Crippen LogP contribution >= 0.6 is 11.6 Å². The average Bonchev–Trinajstić information content (AvgIpc) is 2.54. The van der Waals surface area contributed by atoms with Crippen LogP contribution in [0.4, 0.5) is 0 Å². The van der Waals surface area contributed by atoms with Gasteiger partial charge in [-0.3, -0.25) is 4.79 Å². The van der Waals surface area contributed by atoms with E-state index in [1.165, 1.54) is 6.92 Å². The second kappa shape index (κ2) is 6.47. The molecule has 5 nitrogen and oxygen atoms in total. The maximum Gasteiger partial charge on any atom is 0.205 e. The highest BCUT2D eigenvalue weighted by molar-refractivity contribution is 6.31. The first-order valence-electron chi connectivity index (χ1n) is 8.11. The summed E-state index contributed by atoms with van der Waals surface area (Å²) in [7, 11) is 0. The lowest BCUT2D eigenvalue weighted by Crippen LogP contribution is -2.23. The number of fused-ring (bicyclic) bond motifs is 1. The Hall–Kier alpha value is -2.84. The van der Waals surface area contributed by atoms with Crippen LogP contribution in [0.15, 0.2) is 41.0 Å². The smallest absolute Gasteiger partial charge is 0.205 e. The fraction of sp³-hybridized carbons (Fsp3) is 0.250. The highest BCUT2D eigenvalue weighted by atomic mass is 35.5. The minimum absolute atomic E-state index is 0.0170. The van der Waals surface area contributed by atoms with Crippen molar-refractivity contribution in [3.8, 4) is 6.07 Å². The molecule has 0 saturated carbocycles. The Balaban J connectivity index is 2.35. The summed E-state index contributed by atoms with van der Waals surface area (Å²) in [6, 6.07) is 7.97. The number of ketones is 1. The summed E-state index contributed by atoms with van der Waals surface area (Å²) >= 11 is 6.48. The van der Waals surface area contributed by atoms with Crippen LogP contribution in [0.1, 0.15) is 36.5 Å². The molecule has 26 heavy (non-hydrogen) atoms. The number of halogens is 1. The van der Waals surface area contributed by atoms with E-state index in [1.807, 2.05) is 32.0 Å². The Morgan fingerprint density at radius 3 is 2.62 bits per heavy atom. The van der Waals surface area contributed by atoms with Crippen LogP contribution in [-0.2, 0) is 9.53 Å². The van der Waals surface area contributed by atoms with Crippen molar-refractivity contribution in [2.75, 3.05) is 0 Å². The molecule has 0 saturated heterocycles. The lowest BCUT2D eigenvalue weighted by molar-refractivity contribution is -0.114. The number of pyridine rings is 1.